The molecule has 0 radical (unpaired) electrons. The zero-order valence-corrected chi connectivity index (χ0v) is 31.4. The fourth-order valence-electron chi connectivity index (χ4n) is 5.86. The first-order valence-electron chi connectivity index (χ1n) is 17.8. The molecule has 2 heterocycles. The molecule has 5 N–H and O–H groups in total. The average molecular weight is 766 g/mol. The van der Waals surface area contributed by atoms with E-state index in [2.05, 4.69) is 20.9 Å². The van der Waals surface area contributed by atoms with Gasteiger partial charge in [0.05, 0.1) is 48.5 Å². The summed E-state index contributed by atoms with van der Waals surface area (Å²) in [5, 5.41) is 26.6. The van der Waals surface area contributed by atoms with E-state index in [1.165, 1.54) is 30.3 Å². The van der Waals surface area contributed by atoms with Gasteiger partial charge in [0.25, 0.3) is 11.8 Å². The van der Waals surface area contributed by atoms with Gasteiger partial charge in [-0.3, -0.25) is 29.0 Å². The summed E-state index contributed by atoms with van der Waals surface area (Å²) in [4.78, 5) is 96.9. The molecule has 0 saturated carbocycles. The summed E-state index contributed by atoms with van der Waals surface area (Å²) < 4.78 is 11.3. The number of hydrogen-bond donors (Lipinski definition) is 5. The van der Waals surface area contributed by atoms with Crippen molar-refractivity contribution in [2.75, 3.05) is 13.3 Å². The standard InChI is InChI=1S/C38H47N5O12/c1-6-9-10-11-25(28(7-2)43(21-44)55-38(52)33-22(4)16-17-39-23(33)5)34(47)40-20-41-36(49)30-15-14-29(54-30)24-12-13-26(31(18-24)53-8-3)35(48)42-27(37(50)51)19-32(45)46/h12-18,21,25,27-28H,6-11,19-20H2,1-5H3,(H,40,47)(H,41,49)(H,42,48)(H,45,46)(H,50,51). The van der Waals surface area contributed by atoms with Gasteiger partial charge in [-0.1, -0.05) is 39.2 Å². The molecule has 0 aliphatic carbocycles. The number of unbranched alkanes of at least 4 members (excludes halogenated alkanes) is 2. The molecule has 17 heteroatoms. The number of carbonyl (C=O) groups excluding carboxylic acids is 5. The van der Waals surface area contributed by atoms with E-state index in [4.69, 9.17) is 19.1 Å². The number of aliphatic carboxylic acids is 2. The van der Waals surface area contributed by atoms with Crippen LogP contribution in [-0.4, -0.2) is 87.7 Å². The second-order valence-electron chi connectivity index (χ2n) is 12.5. The summed E-state index contributed by atoms with van der Waals surface area (Å²) >= 11 is 0. The van der Waals surface area contributed by atoms with Gasteiger partial charge in [-0.15, -0.1) is 0 Å². The second kappa shape index (κ2) is 20.8. The third kappa shape index (κ3) is 11.9. The lowest BCUT2D eigenvalue weighted by Crippen LogP contribution is -2.49. The van der Waals surface area contributed by atoms with Crippen molar-refractivity contribution in [1.82, 2.24) is 26.0 Å². The predicted octanol–water partition coefficient (Wildman–Crippen LogP) is 4.02. The Hall–Kier alpha value is -6.26. The van der Waals surface area contributed by atoms with E-state index in [1.807, 2.05) is 6.92 Å². The fourth-order valence-corrected chi connectivity index (χ4v) is 5.86. The second-order valence-corrected chi connectivity index (χ2v) is 12.5. The van der Waals surface area contributed by atoms with Crippen molar-refractivity contribution in [3.63, 3.8) is 0 Å². The molecule has 0 aliphatic heterocycles. The SMILES string of the molecule is CCCCCC(C(=O)NCNC(=O)c1ccc(-c2ccc(C(=O)NC(CC(=O)O)C(=O)O)c(OCC)c2)o1)C(CC)N(C=O)OC(=O)c1c(C)ccnc1C. The molecule has 2 aromatic heterocycles. The molecule has 296 valence electrons. The molecular formula is C38H47N5O12. The molecule has 3 aromatic rings. The molecule has 3 atom stereocenters. The smallest absolute Gasteiger partial charge is 0.365 e. The summed E-state index contributed by atoms with van der Waals surface area (Å²) in [5.74, 6) is -6.29. The Kier molecular flexibility index (Phi) is 16.3. The number of amides is 4. The Morgan fingerprint density at radius 1 is 0.964 bits per heavy atom. The molecule has 0 bridgehead atoms. The maximum absolute atomic E-state index is 13.6. The van der Waals surface area contributed by atoms with Crippen molar-refractivity contribution in [3.05, 3.63) is 70.7 Å². The fraction of sp³-hybridized carbons (Fsp3) is 0.421. The number of aromatic nitrogens is 1. The number of carboxylic acid groups (broad SMARTS) is 2. The van der Waals surface area contributed by atoms with Crippen LogP contribution in [0.5, 0.6) is 5.75 Å². The van der Waals surface area contributed by atoms with Crippen LogP contribution >= 0.6 is 0 Å². The number of ether oxygens (including phenoxy) is 1. The summed E-state index contributed by atoms with van der Waals surface area (Å²) in [7, 11) is 0. The minimum absolute atomic E-state index is 0.0473. The summed E-state index contributed by atoms with van der Waals surface area (Å²) in [6, 6.07) is 6.36. The predicted molar refractivity (Wildman–Crippen MR) is 196 cm³/mol. The zero-order valence-electron chi connectivity index (χ0n) is 31.4. The lowest BCUT2D eigenvalue weighted by atomic mass is 9.90. The zero-order chi connectivity index (χ0) is 40.7. The van der Waals surface area contributed by atoms with Crippen LogP contribution in [0.4, 0.5) is 0 Å². The molecule has 3 rings (SSSR count). The van der Waals surface area contributed by atoms with Crippen LogP contribution in [0.1, 0.15) is 102 Å². The molecule has 0 aliphatic rings. The summed E-state index contributed by atoms with van der Waals surface area (Å²) in [6.45, 7) is 8.67. The van der Waals surface area contributed by atoms with Gasteiger partial charge < -0.3 is 40.2 Å². The number of pyridine rings is 1. The first-order chi connectivity index (χ1) is 26.3. The molecule has 1 aromatic carbocycles. The van der Waals surface area contributed by atoms with Crippen LogP contribution in [0.2, 0.25) is 0 Å². The minimum atomic E-state index is -1.67. The molecule has 0 fully saturated rings. The first-order valence-corrected chi connectivity index (χ1v) is 17.8. The highest BCUT2D eigenvalue weighted by Crippen LogP contribution is 2.29. The van der Waals surface area contributed by atoms with Crippen molar-refractivity contribution >= 4 is 42.0 Å². The molecule has 3 unspecified atom stereocenters. The highest BCUT2D eigenvalue weighted by Gasteiger charge is 2.34. The number of benzene rings is 1. The Labute approximate surface area is 317 Å². The highest BCUT2D eigenvalue weighted by molar-refractivity contribution is 6.00. The molecule has 0 saturated heterocycles. The van der Waals surface area contributed by atoms with Gasteiger partial charge in [-0.05, 0) is 69.5 Å². The van der Waals surface area contributed by atoms with Crippen LogP contribution in [0.25, 0.3) is 11.3 Å². The Morgan fingerprint density at radius 3 is 2.33 bits per heavy atom. The largest absolute Gasteiger partial charge is 0.493 e. The van der Waals surface area contributed by atoms with Crippen LogP contribution in [0, 0.1) is 19.8 Å². The quantitative estimate of drug-likeness (QED) is 0.0421. The molecule has 55 heavy (non-hydrogen) atoms. The number of furan rings is 1. The molecule has 4 amide bonds. The van der Waals surface area contributed by atoms with E-state index >= 15 is 0 Å². The van der Waals surface area contributed by atoms with E-state index in [9.17, 15) is 38.7 Å². The summed E-state index contributed by atoms with van der Waals surface area (Å²) in [5.41, 5.74) is 1.63. The Morgan fingerprint density at radius 2 is 1.71 bits per heavy atom. The lowest BCUT2D eigenvalue weighted by Gasteiger charge is -2.32. The highest BCUT2D eigenvalue weighted by atomic mass is 16.7. The van der Waals surface area contributed by atoms with Crippen LogP contribution in [0.15, 0.2) is 47.0 Å². The minimum Gasteiger partial charge on any atom is -0.493 e. The first kappa shape index (κ1) is 43.1. The number of hydrogen-bond acceptors (Lipinski definition) is 11. The van der Waals surface area contributed by atoms with Crippen molar-refractivity contribution in [2.24, 2.45) is 5.92 Å². The summed E-state index contributed by atoms with van der Waals surface area (Å²) in [6.07, 6.45) is 4.15. The van der Waals surface area contributed by atoms with Crippen LogP contribution in [-0.2, 0) is 24.0 Å². The van der Waals surface area contributed by atoms with Crippen molar-refractivity contribution in [2.45, 2.75) is 85.2 Å². The van der Waals surface area contributed by atoms with E-state index < -0.39 is 60.1 Å². The number of aryl methyl sites for hydroxylation is 2. The number of hydroxylamine groups is 2. The van der Waals surface area contributed by atoms with Gasteiger partial charge in [0.2, 0.25) is 12.3 Å². The third-order valence-corrected chi connectivity index (χ3v) is 8.64. The van der Waals surface area contributed by atoms with Gasteiger partial charge in [0, 0.05) is 11.8 Å². The molecule has 17 nitrogen and oxygen atoms in total. The molecular weight excluding hydrogens is 718 g/mol. The van der Waals surface area contributed by atoms with Crippen molar-refractivity contribution < 1.29 is 57.8 Å². The van der Waals surface area contributed by atoms with Gasteiger partial charge in [0.15, 0.2) is 5.76 Å². The van der Waals surface area contributed by atoms with Gasteiger partial charge in [-0.25, -0.2) is 9.59 Å². The Bertz CT molecular complexity index is 1840. The number of carboxylic acids is 2. The van der Waals surface area contributed by atoms with Crippen LogP contribution in [0.3, 0.4) is 0 Å². The van der Waals surface area contributed by atoms with E-state index in [0.29, 0.717) is 36.1 Å². The topological polar surface area (TPSA) is 244 Å². The number of carbonyl (C=O) groups is 7. The lowest BCUT2D eigenvalue weighted by molar-refractivity contribution is -0.171. The average Bonchev–Trinajstić information content (AvgIpc) is 3.64. The molecule has 0 spiro atoms. The van der Waals surface area contributed by atoms with E-state index in [1.54, 1.807) is 40.0 Å². The Balaban J connectivity index is 1.71. The van der Waals surface area contributed by atoms with E-state index in [0.717, 1.165) is 17.9 Å². The number of nitrogens with one attached hydrogen (secondary N) is 3. The van der Waals surface area contributed by atoms with Crippen LogP contribution < -0.4 is 20.7 Å². The van der Waals surface area contributed by atoms with Gasteiger partial charge >= 0.3 is 17.9 Å². The maximum Gasteiger partial charge on any atom is 0.365 e. The van der Waals surface area contributed by atoms with Crippen molar-refractivity contribution in [3.8, 4) is 17.1 Å². The maximum atomic E-state index is 13.6. The van der Waals surface area contributed by atoms with E-state index in [-0.39, 0.29) is 48.1 Å². The number of nitrogens with zero attached hydrogens (tertiary/aromatic N) is 2. The van der Waals surface area contributed by atoms with Gasteiger partial charge in [0.1, 0.15) is 17.6 Å². The number of rotatable bonds is 22. The van der Waals surface area contributed by atoms with Gasteiger partial charge in [-0.2, -0.15) is 5.06 Å². The third-order valence-electron chi connectivity index (χ3n) is 8.64. The van der Waals surface area contributed by atoms with Crippen molar-refractivity contribution in [1.29, 1.82) is 0 Å². The normalized spacial score (nSPS) is 12.4. The monoisotopic (exact) mass is 765 g/mol.